The second-order valence-corrected chi connectivity index (χ2v) is 4.86. The van der Waals surface area contributed by atoms with E-state index >= 15 is 0 Å². The Balaban J connectivity index is 2.84. The van der Waals surface area contributed by atoms with Crippen LogP contribution in [0.15, 0.2) is 36.0 Å². The molecule has 1 rings (SSSR count). The Kier molecular flexibility index (Phi) is 6.46. The molecule has 0 saturated heterocycles. The first-order chi connectivity index (χ1) is 9.88. The minimum atomic E-state index is -4.38. The summed E-state index contributed by atoms with van der Waals surface area (Å²) in [7, 11) is 1.70. The van der Waals surface area contributed by atoms with Gasteiger partial charge in [0.1, 0.15) is 0 Å². The van der Waals surface area contributed by atoms with E-state index in [1.807, 2.05) is 6.92 Å². The van der Waals surface area contributed by atoms with Crippen molar-refractivity contribution in [3.63, 3.8) is 0 Å². The molecule has 0 radical (unpaired) electrons. The molecule has 1 aromatic carbocycles. The molecule has 0 spiro atoms. The average Bonchev–Trinajstić information content (AvgIpc) is 2.42. The van der Waals surface area contributed by atoms with E-state index in [4.69, 9.17) is 0 Å². The van der Waals surface area contributed by atoms with Gasteiger partial charge < -0.3 is 5.32 Å². The van der Waals surface area contributed by atoms with Crippen LogP contribution >= 0.6 is 0 Å². The van der Waals surface area contributed by atoms with Crippen molar-refractivity contribution in [2.45, 2.75) is 38.8 Å². The van der Waals surface area contributed by atoms with Gasteiger partial charge in [-0.1, -0.05) is 31.5 Å². The molecule has 0 atom stereocenters. The summed E-state index contributed by atoms with van der Waals surface area (Å²) in [5.41, 5.74) is 0.283. The Hall–Kier alpha value is -1.78. The third-order valence-corrected chi connectivity index (χ3v) is 3.10. The van der Waals surface area contributed by atoms with Gasteiger partial charge >= 0.3 is 6.18 Å². The van der Waals surface area contributed by atoms with Gasteiger partial charge in [-0.15, -0.1) is 0 Å². The molecule has 0 fully saturated rings. The predicted molar refractivity (Wildman–Crippen MR) is 76.8 cm³/mol. The first kappa shape index (κ1) is 17.3. The van der Waals surface area contributed by atoms with Crippen LogP contribution in [0.4, 0.5) is 13.2 Å². The van der Waals surface area contributed by atoms with Crippen LogP contribution in [0.1, 0.15) is 37.3 Å². The smallest absolute Gasteiger partial charge is 0.394 e. The zero-order chi connectivity index (χ0) is 15.9. The number of nitrogens with one attached hydrogen (secondary N) is 1. The minimum absolute atomic E-state index is 0.0128. The number of Topliss-reactive ketones (excluding diaryl/α,β-unsaturated/α-hetero) is 1. The number of halogens is 3. The lowest BCUT2D eigenvalue weighted by atomic mass is 9.98. The van der Waals surface area contributed by atoms with Crippen molar-refractivity contribution in [1.29, 1.82) is 0 Å². The Morgan fingerprint density at radius 2 is 2.05 bits per heavy atom. The second-order valence-electron chi connectivity index (χ2n) is 4.86. The lowest BCUT2D eigenvalue weighted by Gasteiger charge is -2.10. The second kappa shape index (κ2) is 7.86. The van der Waals surface area contributed by atoms with Gasteiger partial charge in [0.05, 0.1) is 5.56 Å². The van der Waals surface area contributed by atoms with E-state index in [0.29, 0.717) is 17.6 Å². The molecule has 5 heteroatoms. The van der Waals surface area contributed by atoms with Crippen LogP contribution in [0.2, 0.25) is 0 Å². The maximum absolute atomic E-state index is 12.6. The molecule has 1 aromatic rings. The molecule has 21 heavy (non-hydrogen) atoms. The number of unbranched alkanes of at least 4 members (excludes halogenated alkanes) is 1. The van der Waals surface area contributed by atoms with Gasteiger partial charge in [0.25, 0.3) is 0 Å². The third kappa shape index (κ3) is 5.61. The van der Waals surface area contributed by atoms with Crippen molar-refractivity contribution >= 4 is 5.78 Å². The van der Waals surface area contributed by atoms with Crippen molar-refractivity contribution in [2.75, 3.05) is 7.05 Å². The zero-order valence-corrected chi connectivity index (χ0v) is 12.3. The average molecular weight is 299 g/mol. The molecule has 0 aliphatic rings. The first-order valence-corrected chi connectivity index (χ1v) is 6.94. The van der Waals surface area contributed by atoms with E-state index in [1.165, 1.54) is 6.07 Å². The van der Waals surface area contributed by atoms with E-state index in [-0.39, 0.29) is 12.2 Å². The topological polar surface area (TPSA) is 29.1 Å². The third-order valence-electron chi connectivity index (χ3n) is 3.10. The summed E-state index contributed by atoms with van der Waals surface area (Å²) in [5.74, 6) is -0.142. The number of benzene rings is 1. The van der Waals surface area contributed by atoms with E-state index in [9.17, 15) is 18.0 Å². The molecule has 0 saturated carbocycles. The molecule has 0 bridgehead atoms. The number of allylic oxidation sites excluding steroid dienone is 1. The number of rotatable bonds is 7. The molecule has 116 valence electrons. The number of hydrogen-bond acceptors (Lipinski definition) is 2. The normalized spacial score (nSPS) is 12.3. The predicted octanol–water partition coefficient (Wildman–Crippen LogP) is 4.11. The zero-order valence-electron chi connectivity index (χ0n) is 12.3. The summed E-state index contributed by atoms with van der Waals surface area (Å²) < 4.78 is 37.9. The van der Waals surface area contributed by atoms with Crippen LogP contribution in [0, 0.1) is 0 Å². The largest absolute Gasteiger partial charge is 0.416 e. The van der Waals surface area contributed by atoms with Crippen molar-refractivity contribution < 1.29 is 18.0 Å². The van der Waals surface area contributed by atoms with Crippen LogP contribution in [0.3, 0.4) is 0 Å². The van der Waals surface area contributed by atoms with Crippen molar-refractivity contribution in [3.05, 3.63) is 47.2 Å². The fourth-order valence-electron chi connectivity index (χ4n) is 1.99. The molecule has 0 aliphatic heterocycles. The van der Waals surface area contributed by atoms with Gasteiger partial charge in [-0.3, -0.25) is 4.79 Å². The van der Waals surface area contributed by atoms with E-state index in [2.05, 4.69) is 5.32 Å². The standard InChI is InChI=1S/C16H20F3NO/c1-3-4-7-13(11-20-2)15(21)10-12-6-5-8-14(9-12)16(17,18)19/h5-6,8-9,11,20H,3-4,7,10H2,1-2H3. The number of hydrogen-bond donors (Lipinski definition) is 1. The van der Waals surface area contributed by atoms with Crippen LogP contribution in [0.5, 0.6) is 0 Å². The fourth-order valence-corrected chi connectivity index (χ4v) is 1.99. The molecule has 2 nitrogen and oxygen atoms in total. The Bertz CT molecular complexity index is 506. The highest BCUT2D eigenvalue weighted by molar-refractivity contribution is 5.96. The lowest BCUT2D eigenvalue weighted by Crippen LogP contribution is -2.11. The van der Waals surface area contributed by atoms with Crippen molar-refractivity contribution in [2.24, 2.45) is 0 Å². The van der Waals surface area contributed by atoms with Crippen molar-refractivity contribution in [3.8, 4) is 0 Å². The first-order valence-electron chi connectivity index (χ1n) is 6.94. The van der Waals surface area contributed by atoms with E-state index in [0.717, 1.165) is 25.0 Å². The summed E-state index contributed by atoms with van der Waals surface area (Å²) in [6.07, 6.45) is -0.299. The monoisotopic (exact) mass is 299 g/mol. The maximum atomic E-state index is 12.6. The Morgan fingerprint density at radius 3 is 2.62 bits per heavy atom. The van der Waals surface area contributed by atoms with Crippen molar-refractivity contribution in [1.82, 2.24) is 5.32 Å². The van der Waals surface area contributed by atoms with Gasteiger partial charge in [-0.25, -0.2) is 0 Å². The molecule has 0 unspecified atom stereocenters. The molecule has 0 aromatic heterocycles. The SMILES string of the molecule is CCCCC(=CNC)C(=O)Cc1cccc(C(F)(F)F)c1. The minimum Gasteiger partial charge on any atom is -0.394 e. The molecule has 0 amide bonds. The van der Waals surface area contributed by atoms with Crippen LogP contribution in [-0.4, -0.2) is 12.8 Å². The summed E-state index contributed by atoms with van der Waals surface area (Å²) in [6, 6.07) is 4.92. The van der Waals surface area contributed by atoms with Gasteiger partial charge in [-0.05, 0) is 24.5 Å². The van der Waals surface area contributed by atoms with Gasteiger partial charge in [0.2, 0.25) is 0 Å². The summed E-state index contributed by atoms with van der Waals surface area (Å²) in [5, 5.41) is 2.82. The number of carbonyl (C=O) groups is 1. The lowest BCUT2D eigenvalue weighted by molar-refractivity contribution is -0.137. The van der Waals surface area contributed by atoms with E-state index < -0.39 is 11.7 Å². The van der Waals surface area contributed by atoms with Gasteiger partial charge in [0, 0.05) is 25.2 Å². The van der Waals surface area contributed by atoms with E-state index in [1.54, 1.807) is 19.3 Å². The maximum Gasteiger partial charge on any atom is 0.416 e. The Morgan fingerprint density at radius 1 is 1.33 bits per heavy atom. The molecule has 0 aliphatic carbocycles. The molecule has 0 heterocycles. The highest BCUT2D eigenvalue weighted by Crippen LogP contribution is 2.29. The van der Waals surface area contributed by atoms with Gasteiger partial charge in [0.15, 0.2) is 5.78 Å². The highest BCUT2D eigenvalue weighted by atomic mass is 19.4. The van der Waals surface area contributed by atoms with Crippen LogP contribution in [-0.2, 0) is 17.4 Å². The fraction of sp³-hybridized carbons (Fsp3) is 0.438. The van der Waals surface area contributed by atoms with Crippen LogP contribution in [0.25, 0.3) is 0 Å². The highest BCUT2D eigenvalue weighted by Gasteiger charge is 2.30. The summed E-state index contributed by atoms with van der Waals surface area (Å²) >= 11 is 0. The number of carbonyl (C=O) groups excluding carboxylic acids is 1. The Labute approximate surface area is 123 Å². The molecular formula is C16H20F3NO. The van der Waals surface area contributed by atoms with Gasteiger partial charge in [-0.2, -0.15) is 13.2 Å². The quantitative estimate of drug-likeness (QED) is 0.768. The summed E-state index contributed by atoms with van der Waals surface area (Å²) in [6.45, 7) is 2.02. The summed E-state index contributed by atoms with van der Waals surface area (Å²) in [4.78, 5) is 12.2. The number of alkyl halides is 3. The van der Waals surface area contributed by atoms with Crippen LogP contribution < -0.4 is 5.32 Å². The molecular weight excluding hydrogens is 279 g/mol. The molecule has 1 N–H and O–H groups in total. The number of ketones is 1.